The maximum atomic E-state index is 12.6. The van der Waals surface area contributed by atoms with E-state index in [0.29, 0.717) is 11.1 Å². The van der Waals surface area contributed by atoms with Crippen LogP contribution >= 0.6 is 0 Å². The second kappa shape index (κ2) is 8.20. The van der Waals surface area contributed by atoms with Crippen LogP contribution in [0.3, 0.4) is 0 Å². The molecule has 0 aliphatic carbocycles. The van der Waals surface area contributed by atoms with E-state index in [1.165, 1.54) is 19.4 Å². The van der Waals surface area contributed by atoms with Crippen LogP contribution in [-0.4, -0.2) is 57.6 Å². The average molecular weight is 438 g/mol. The number of methoxy groups -OCH3 is 1. The number of nitrogens with one attached hydrogen (secondary N) is 1. The molecule has 12 nitrogen and oxygen atoms in total. The van der Waals surface area contributed by atoms with Crippen molar-refractivity contribution in [3.8, 4) is 28.3 Å². The zero-order valence-electron chi connectivity index (χ0n) is 15.2. The molecule has 7 N–H and O–H groups in total. The van der Waals surface area contributed by atoms with Gasteiger partial charge in [0.1, 0.15) is 4.90 Å². The minimum absolute atomic E-state index is 0.00290. The molecular formula is C15H18N8O4S2. The Morgan fingerprint density at radius 1 is 1.31 bits per heavy atom. The molecule has 3 aromatic rings. The molecule has 0 radical (unpaired) electrons. The summed E-state index contributed by atoms with van der Waals surface area (Å²) in [6.45, 7) is 0.0923. The van der Waals surface area contributed by atoms with E-state index in [4.69, 9.17) is 21.3 Å². The number of H-pyrrole nitrogens is 1. The molecule has 2 heterocycles. The summed E-state index contributed by atoms with van der Waals surface area (Å²) in [4.78, 5) is 3.68. The third-order valence-corrected chi connectivity index (χ3v) is 6.50. The Bertz CT molecular complexity index is 1170. The van der Waals surface area contributed by atoms with Gasteiger partial charge in [-0.25, -0.2) is 18.5 Å². The van der Waals surface area contributed by atoms with Crippen molar-refractivity contribution >= 4 is 26.6 Å². The number of rotatable bonds is 7. The number of nitrogens with two attached hydrogens (primary N) is 3. The van der Waals surface area contributed by atoms with Gasteiger partial charge in [-0.05, 0) is 22.9 Å². The minimum Gasteiger partial charge on any atom is -0.493 e. The Morgan fingerprint density at radius 3 is 2.66 bits per heavy atom. The topological polar surface area (TPSA) is 206 Å². The highest BCUT2D eigenvalue weighted by Gasteiger charge is 2.29. The number of tetrazole rings is 1. The summed E-state index contributed by atoms with van der Waals surface area (Å²) in [5, 5.41) is 19.0. The number of primary sulfonamides is 1. The second-order valence-corrected chi connectivity index (χ2v) is 8.78. The van der Waals surface area contributed by atoms with Gasteiger partial charge >= 0.3 is 0 Å². The normalized spacial score (nSPS) is 12.7. The number of benzene rings is 1. The zero-order chi connectivity index (χ0) is 21.2. The quantitative estimate of drug-likeness (QED) is 0.362. The summed E-state index contributed by atoms with van der Waals surface area (Å²) < 4.78 is 42.8. The van der Waals surface area contributed by atoms with Gasteiger partial charge in [0.05, 0.1) is 28.4 Å². The number of hydrogen-bond donors (Lipinski definition) is 4. The van der Waals surface area contributed by atoms with Crippen LogP contribution in [0.2, 0.25) is 0 Å². The molecule has 1 aromatic carbocycles. The molecule has 29 heavy (non-hydrogen) atoms. The van der Waals surface area contributed by atoms with Crippen molar-refractivity contribution in [2.75, 3.05) is 25.1 Å². The number of hydrogen-bond acceptors (Lipinski definition) is 10. The predicted octanol–water partition coefficient (Wildman–Crippen LogP) is -0.767. The summed E-state index contributed by atoms with van der Waals surface area (Å²) in [6, 6.07) is 4.55. The van der Waals surface area contributed by atoms with E-state index in [9.17, 15) is 12.6 Å². The Hall–Kier alpha value is -2.94. The molecule has 1 atom stereocenters. The summed E-state index contributed by atoms with van der Waals surface area (Å²) in [5.41, 5.74) is 12.1. The third kappa shape index (κ3) is 4.09. The van der Waals surface area contributed by atoms with Crippen molar-refractivity contribution in [3.05, 3.63) is 24.4 Å². The number of anilines is 1. The van der Waals surface area contributed by atoms with Crippen LogP contribution in [0.4, 0.5) is 5.82 Å². The summed E-state index contributed by atoms with van der Waals surface area (Å²) >= 11 is 0. The lowest BCUT2D eigenvalue weighted by atomic mass is 10.00. The second-order valence-electron chi connectivity index (χ2n) is 5.75. The first-order valence-corrected chi connectivity index (χ1v) is 11.0. The van der Waals surface area contributed by atoms with Gasteiger partial charge < -0.3 is 16.2 Å². The molecule has 3 rings (SSSR count). The van der Waals surface area contributed by atoms with E-state index in [2.05, 4.69) is 25.6 Å². The van der Waals surface area contributed by atoms with Crippen molar-refractivity contribution in [3.63, 3.8) is 0 Å². The molecule has 0 aliphatic heterocycles. The Labute approximate surface area is 168 Å². The van der Waals surface area contributed by atoms with Crippen LogP contribution in [0.15, 0.2) is 34.2 Å². The van der Waals surface area contributed by atoms with Gasteiger partial charge in [-0.15, -0.1) is 10.2 Å². The number of aromatic nitrogens is 5. The number of sulfonamides is 1. The summed E-state index contributed by atoms with van der Waals surface area (Å²) in [5.74, 6) is 0.441. The van der Waals surface area contributed by atoms with Crippen molar-refractivity contribution < 1.29 is 17.4 Å². The number of pyridine rings is 1. The van der Waals surface area contributed by atoms with Crippen molar-refractivity contribution in [1.82, 2.24) is 25.6 Å². The summed E-state index contributed by atoms with van der Waals surface area (Å²) in [6.07, 6.45) is 1.43. The maximum absolute atomic E-state index is 12.6. The Balaban J connectivity index is 2.41. The average Bonchev–Trinajstić information content (AvgIpc) is 3.21. The molecule has 154 valence electrons. The van der Waals surface area contributed by atoms with Crippen molar-refractivity contribution in [2.24, 2.45) is 10.9 Å². The van der Waals surface area contributed by atoms with Gasteiger partial charge in [0.25, 0.3) is 0 Å². The van der Waals surface area contributed by atoms with Crippen LogP contribution in [0, 0.1) is 0 Å². The lowest BCUT2D eigenvalue weighted by molar-refractivity contribution is 0.415. The molecule has 14 heteroatoms. The van der Waals surface area contributed by atoms with Crippen LogP contribution < -0.4 is 21.3 Å². The van der Waals surface area contributed by atoms with Crippen LogP contribution in [0.5, 0.6) is 5.75 Å². The van der Waals surface area contributed by atoms with Crippen LogP contribution in [0.25, 0.3) is 22.5 Å². The SMILES string of the molecule is COc1cc(-c2ccc(S(=O)CCN)c(S(N)(=O)=O)c2-c2nn[nH]n2)cnc1N. The fraction of sp³-hybridized carbons (Fsp3) is 0.200. The first-order valence-electron chi connectivity index (χ1n) is 8.09. The first kappa shape index (κ1) is 20.8. The van der Waals surface area contributed by atoms with E-state index in [1.807, 2.05) is 0 Å². The Morgan fingerprint density at radius 2 is 2.07 bits per heavy atom. The van der Waals surface area contributed by atoms with E-state index in [-0.39, 0.29) is 45.0 Å². The highest BCUT2D eigenvalue weighted by molar-refractivity contribution is 7.91. The zero-order valence-corrected chi connectivity index (χ0v) is 16.8. The standard InChI is InChI=1S/C15H18N8O4S2/c1-27-10-6-8(7-19-14(10)17)9-2-3-11(28(24)5-4-16)13(29(18,25)26)12(9)15-20-22-23-21-15/h2-3,6-7H,4-5,16H2,1H3,(H2,17,19)(H2,18,25,26)(H,20,21,22,23). The van der Waals surface area contributed by atoms with Crippen molar-refractivity contribution in [2.45, 2.75) is 9.79 Å². The molecule has 0 bridgehead atoms. The molecule has 0 fully saturated rings. The van der Waals surface area contributed by atoms with Crippen molar-refractivity contribution in [1.29, 1.82) is 0 Å². The van der Waals surface area contributed by atoms with E-state index in [0.717, 1.165) is 0 Å². The van der Waals surface area contributed by atoms with E-state index in [1.54, 1.807) is 12.1 Å². The number of nitrogens with zero attached hydrogens (tertiary/aromatic N) is 4. The molecular weight excluding hydrogens is 420 g/mol. The molecule has 0 amide bonds. The number of aromatic amines is 1. The monoisotopic (exact) mass is 438 g/mol. The maximum Gasteiger partial charge on any atom is 0.240 e. The lowest BCUT2D eigenvalue weighted by Crippen LogP contribution is -2.19. The number of ether oxygens (including phenoxy) is 1. The van der Waals surface area contributed by atoms with Gasteiger partial charge in [-0.3, -0.25) is 4.21 Å². The van der Waals surface area contributed by atoms with Gasteiger partial charge in [0.15, 0.2) is 11.6 Å². The fourth-order valence-corrected chi connectivity index (χ4v) is 5.16. The highest BCUT2D eigenvalue weighted by atomic mass is 32.2. The Kier molecular flexibility index (Phi) is 5.88. The van der Waals surface area contributed by atoms with Crippen LogP contribution in [0.1, 0.15) is 0 Å². The largest absolute Gasteiger partial charge is 0.493 e. The highest BCUT2D eigenvalue weighted by Crippen LogP contribution is 2.39. The van der Waals surface area contributed by atoms with E-state index >= 15 is 0 Å². The molecule has 2 aromatic heterocycles. The third-order valence-electron chi connectivity index (χ3n) is 3.94. The first-order chi connectivity index (χ1) is 13.8. The molecule has 0 spiro atoms. The lowest BCUT2D eigenvalue weighted by Gasteiger charge is -2.16. The molecule has 0 aliphatic rings. The van der Waals surface area contributed by atoms with Gasteiger partial charge in [-0.1, -0.05) is 6.07 Å². The molecule has 1 unspecified atom stereocenters. The smallest absolute Gasteiger partial charge is 0.240 e. The van der Waals surface area contributed by atoms with Gasteiger partial charge in [0.2, 0.25) is 15.8 Å². The van der Waals surface area contributed by atoms with Crippen LogP contribution in [-0.2, 0) is 20.8 Å². The van der Waals surface area contributed by atoms with Gasteiger partial charge in [0, 0.05) is 24.1 Å². The predicted molar refractivity (Wildman–Crippen MR) is 106 cm³/mol. The number of nitrogen functional groups attached to an aromatic ring is 1. The fourth-order valence-electron chi connectivity index (χ4n) is 2.74. The van der Waals surface area contributed by atoms with E-state index < -0.39 is 20.8 Å². The van der Waals surface area contributed by atoms with Gasteiger partial charge in [-0.2, -0.15) is 5.21 Å². The molecule has 0 saturated carbocycles. The molecule has 0 saturated heterocycles. The summed E-state index contributed by atoms with van der Waals surface area (Å²) in [7, 11) is -4.64. The minimum atomic E-state index is -4.34.